The van der Waals surface area contributed by atoms with Gasteiger partial charge in [-0.05, 0) is 66.1 Å². The third kappa shape index (κ3) is 4.71. The number of nitrogens with zero attached hydrogens (tertiary/aromatic N) is 6. The highest BCUT2D eigenvalue weighted by atomic mass is 35.5. The van der Waals surface area contributed by atoms with Gasteiger partial charge in [-0.25, -0.2) is 14.4 Å². The molecule has 0 saturated heterocycles. The normalized spacial score (nSPS) is 11.5. The van der Waals surface area contributed by atoms with Gasteiger partial charge >= 0.3 is 0 Å². The number of hydrogen-bond donors (Lipinski definition) is 2. The van der Waals surface area contributed by atoms with E-state index >= 15 is 0 Å². The smallest absolute Gasteiger partial charge is 0.292 e. The van der Waals surface area contributed by atoms with Crippen LogP contribution in [0.25, 0.3) is 5.82 Å². The average Bonchev–Trinajstić information content (AvgIpc) is 3.42. The van der Waals surface area contributed by atoms with Gasteiger partial charge in [0, 0.05) is 5.56 Å². The van der Waals surface area contributed by atoms with E-state index in [1.807, 2.05) is 0 Å². The zero-order chi connectivity index (χ0) is 24.2. The van der Waals surface area contributed by atoms with E-state index in [4.69, 9.17) is 22.1 Å². The molecule has 1 amide bonds. The largest absolute Gasteiger partial charge is 0.489 e. The van der Waals surface area contributed by atoms with Gasteiger partial charge < -0.3 is 10.5 Å². The highest BCUT2D eigenvalue weighted by molar-refractivity contribution is 6.31. The second kappa shape index (κ2) is 9.67. The van der Waals surface area contributed by atoms with Gasteiger partial charge in [0.2, 0.25) is 11.6 Å². The second-order valence-corrected chi connectivity index (χ2v) is 7.47. The zero-order valence-electron chi connectivity index (χ0n) is 18.0. The molecule has 2 aromatic heterocycles. The summed E-state index contributed by atoms with van der Waals surface area (Å²) < 4.78 is 25.2. The first-order valence-corrected chi connectivity index (χ1v) is 10.2. The minimum atomic E-state index is -0.578. The van der Waals surface area contributed by atoms with Crippen LogP contribution in [0.2, 0.25) is 5.02 Å². The van der Waals surface area contributed by atoms with Gasteiger partial charge in [-0.2, -0.15) is 9.78 Å². The number of anilines is 1. The quantitative estimate of drug-likeness (QED) is 0.300. The Morgan fingerprint density at radius 2 is 2.03 bits per heavy atom. The zero-order valence-corrected chi connectivity index (χ0v) is 18.7. The molecule has 2 aromatic carbocycles. The van der Waals surface area contributed by atoms with Crippen LogP contribution in [0.15, 0.2) is 52.2 Å². The summed E-state index contributed by atoms with van der Waals surface area (Å²) in [6, 6.07) is 11.4. The van der Waals surface area contributed by atoms with Gasteiger partial charge in [0.05, 0.1) is 16.4 Å². The third-order valence-electron chi connectivity index (χ3n) is 4.79. The Balaban J connectivity index is 1.43. The maximum absolute atomic E-state index is 13.9. The number of benzene rings is 2. The van der Waals surface area contributed by atoms with Crippen LogP contribution in [0.1, 0.15) is 34.2 Å². The number of hydrogen-bond acceptors (Lipinski definition) is 9. The van der Waals surface area contributed by atoms with E-state index in [1.54, 1.807) is 44.2 Å². The predicted octanol–water partition coefficient (Wildman–Crippen LogP) is 3.07. The van der Waals surface area contributed by atoms with Crippen molar-refractivity contribution in [1.29, 1.82) is 0 Å². The van der Waals surface area contributed by atoms with Gasteiger partial charge in [-0.3, -0.25) is 4.79 Å². The molecule has 0 atom stereocenters. The number of amides is 1. The highest BCUT2D eigenvalue weighted by Gasteiger charge is 2.23. The van der Waals surface area contributed by atoms with Crippen molar-refractivity contribution < 1.29 is 18.6 Å². The van der Waals surface area contributed by atoms with E-state index < -0.39 is 11.7 Å². The number of carbonyl (C=O) groups is 1. The van der Waals surface area contributed by atoms with Crippen LogP contribution in [0.4, 0.5) is 10.2 Å². The Morgan fingerprint density at radius 3 is 2.71 bits per heavy atom. The summed E-state index contributed by atoms with van der Waals surface area (Å²) in [7, 11) is 0. The lowest BCUT2D eigenvalue weighted by molar-refractivity contribution is 0.0946. The molecule has 0 aliphatic rings. The van der Waals surface area contributed by atoms with E-state index in [1.165, 1.54) is 12.1 Å². The molecule has 0 spiro atoms. The molecule has 0 fully saturated rings. The van der Waals surface area contributed by atoms with Crippen LogP contribution < -0.4 is 15.9 Å². The summed E-state index contributed by atoms with van der Waals surface area (Å²) in [5.74, 6) is -0.496. The molecule has 13 heteroatoms. The van der Waals surface area contributed by atoms with Gasteiger partial charge in [0.25, 0.3) is 5.91 Å². The standard InChI is InChI=1S/C21H18ClFN8O3/c1-11(13-6-8-14(9-7-13)33-10-15-16(22)4-3-5-17(15)23)25-27-21(32)18-12(2)26-30-31(18)20-19(24)28-34-29-20/h3-9H,10H2,1-2H3,(H2,24,28)(H,27,32)/b25-11+. The first-order valence-electron chi connectivity index (χ1n) is 9.86. The molecule has 34 heavy (non-hydrogen) atoms. The molecular weight excluding hydrogens is 467 g/mol. The molecule has 0 unspecified atom stereocenters. The van der Waals surface area contributed by atoms with Crippen molar-refractivity contribution in [2.45, 2.75) is 20.5 Å². The minimum Gasteiger partial charge on any atom is -0.489 e. The molecule has 2 heterocycles. The summed E-state index contributed by atoms with van der Waals surface area (Å²) in [6.45, 7) is 3.31. The van der Waals surface area contributed by atoms with Crippen molar-refractivity contribution >= 4 is 29.0 Å². The van der Waals surface area contributed by atoms with Crippen LogP contribution in [0, 0.1) is 12.7 Å². The van der Waals surface area contributed by atoms with Gasteiger partial charge in [0.15, 0.2) is 5.69 Å². The van der Waals surface area contributed by atoms with Gasteiger partial charge in [0.1, 0.15) is 18.2 Å². The fourth-order valence-corrected chi connectivity index (χ4v) is 3.19. The van der Waals surface area contributed by atoms with Crippen LogP contribution in [0.3, 0.4) is 0 Å². The Hall–Kier alpha value is -4.32. The van der Waals surface area contributed by atoms with Crippen LogP contribution in [-0.4, -0.2) is 36.9 Å². The van der Waals surface area contributed by atoms with E-state index in [2.05, 4.69) is 35.8 Å². The maximum atomic E-state index is 13.9. The van der Waals surface area contributed by atoms with Crippen molar-refractivity contribution in [2.24, 2.45) is 5.10 Å². The molecular formula is C21H18ClFN8O3. The molecule has 0 saturated carbocycles. The summed E-state index contributed by atoms with van der Waals surface area (Å²) in [6.07, 6.45) is 0. The van der Waals surface area contributed by atoms with Crippen molar-refractivity contribution in [3.05, 3.63) is 75.8 Å². The number of halogens is 2. The SMILES string of the molecule is C/C(=N\NC(=O)c1c(C)nnn1-c1nonc1N)c1ccc(OCc2c(F)cccc2Cl)cc1. The second-order valence-electron chi connectivity index (χ2n) is 7.06. The first-order chi connectivity index (χ1) is 16.3. The van der Waals surface area contributed by atoms with Crippen LogP contribution >= 0.6 is 11.6 Å². The lowest BCUT2D eigenvalue weighted by Gasteiger charge is -2.09. The van der Waals surface area contributed by atoms with E-state index in [9.17, 15) is 9.18 Å². The molecule has 4 aromatic rings. The van der Waals surface area contributed by atoms with Gasteiger partial charge in [-0.15, -0.1) is 5.10 Å². The van der Waals surface area contributed by atoms with Crippen molar-refractivity contribution in [2.75, 3.05) is 5.73 Å². The van der Waals surface area contributed by atoms with Crippen molar-refractivity contribution in [1.82, 2.24) is 30.7 Å². The average molecular weight is 485 g/mol. The van der Waals surface area contributed by atoms with E-state index in [0.717, 1.165) is 10.2 Å². The van der Waals surface area contributed by atoms with Crippen LogP contribution in [0.5, 0.6) is 5.75 Å². The number of hydrazone groups is 1. The lowest BCUT2D eigenvalue weighted by atomic mass is 10.1. The Kier molecular flexibility index (Phi) is 6.50. The summed E-state index contributed by atoms with van der Waals surface area (Å²) in [4.78, 5) is 12.7. The Bertz CT molecular complexity index is 1350. The molecule has 3 N–H and O–H groups in total. The molecule has 0 radical (unpaired) electrons. The monoisotopic (exact) mass is 484 g/mol. The number of aromatic nitrogens is 5. The summed E-state index contributed by atoms with van der Waals surface area (Å²) in [5.41, 5.74) is 10.1. The number of ether oxygens (including phenoxy) is 1. The Morgan fingerprint density at radius 1 is 1.26 bits per heavy atom. The fourth-order valence-electron chi connectivity index (χ4n) is 2.97. The third-order valence-corrected chi connectivity index (χ3v) is 5.15. The predicted molar refractivity (Wildman–Crippen MR) is 120 cm³/mol. The number of rotatable bonds is 7. The number of nitrogens with two attached hydrogens (primary N) is 1. The number of carbonyl (C=O) groups excluding carboxylic acids is 1. The minimum absolute atomic E-state index is 0.0133. The lowest BCUT2D eigenvalue weighted by Crippen LogP contribution is -2.24. The molecule has 0 aliphatic heterocycles. The molecule has 0 bridgehead atoms. The number of nitrogen functional groups attached to an aromatic ring is 1. The van der Waals surface area contributed by atoms with Crippen molar-refractivity contribution in [3.8, 4) is 11.6 Å². The maximum Gasteiger partial charge on any atom is 0.292 e. The first kappa shape index (κ1) is 22.9. The van der Waals surface area contributed by atoms with Gasteiger partial charge in [-0.1, -0.05) is 22.9 Å². The molecule has 4 rings (SSSR count). The Labute approximate surface area is 197 Å². The molecule has 11 nitrogen and oxygen atoms in total. The highest BCUT2D eigenvalue weighted by Crippen LogP contribution is 2.22. The van der Waals surface area contributed by atoms with Crippen LogP contribution in [-0.2, 0) is 6.61 Å². The van der Waals surface area contributed by atoms with E-state index in [-0.39, 0.29) is 29.5 Å². The fraction of sp³-hybridized carbons (Fsp3) is 0.143. The molecule has 174 valence electrons. The summed E-state index contributed by atoms with van der Waals surface area (Å²) in [5, 5.41) is 19.3. The van der Waals surface area contributed by atoms with E-state index in [0.29, 0.717) is 22.2 Å². The topological polar surface area (TPSA) is 146 Å². The number of aryl methyl sites for hydroxylation is 1. The number of nitrogens with one attached hydrogen (secondary N) is 1. The summed E-state index contributed by atoms with van der Waals surface area (Å²) >= 11 is 6.02. The van der Waals surface area contributed by atoms with Crippen molar-refractivity contribution in [3.63, 3.8) is 0 Å². The molecule has 0 aliphatic carbocycles.